The molecule has 0 aliphatic rings. The van der Waals surface area contributed by atoms with Gasteiger partial charge in [-0.2, -0.15) is 17.4 Å². The van der Waals surface area contributed by atoms with Crippen molar-refractivity contribution in [1.82, 2.24) is 14.3 Å². The first-order valence-corrected chi connectivity index (χ1v) is 18.3. The fraction of sp³-hybridized carbons (Fsp3) is 0.514. The molecule has 0 heterocycles. The largest absolute Gasteiger partial charge is 0.459 e. The number of nitrogens with zero attached hydrogens (tertiary/aromatic N) is 2. The smallest absolute Gasteiger partial charge is 0.425 e. The average Bonchev–Trinajstić information content (AvgIpc) is 2.95. The summed E-state index contributed by atoms with van der Waals surface area (Å²) in [6, 6.07) is 9.71. The topological polar surface area (TPSA) is 205 Å². The number of ether oxygens (including phenoxy) is 5. The quantitative estimate of drug-likeness (QED) is 0.0891. The van der Waals surface area contributed by atoms with Gasteiger partial charge >= 0.3 is 40.3 Å². The van der Waals surface area contributed by atoms with Crippen LogP contribution in [0.15, 0.2) is 47.5 Å². The Morgan fingerprint density at radius 1 is 0.704 bits per heavy atom. The highest BCUT2D eigenvalue weighted by atomic mass is 32.2. The first-order chi connectivity index (χ1) is 24.4. The van der Waals surface area contributed by atoms with E-state index in [1.54, 1.807) is 69.2 Å². The minimum absolute atomic E-state index is 0.0184. The molecule has 2 aromatic carbocycles. The van der Waals surface area contributed by atoms with Gasteiger partial charge in [0.25, 0.3) is 0 Å². The van der Waals surface area contributed by atoms with Crippen LogP contribution in [-0.4, -0.2) is 77.6 Å². The van der Waals surface area contributed by atoms with Crippen LogP contribution >= 0.6 is 0 Å². The zero-order valence-electron chi connectivity index (χ0n) is 33.2. The van der Waals surface area contributed by atoms with Crippen molar-refractivity contribution in [3.05, 3.63) is 59.2 Å². The summed E-state index contributed by atoms with van der Waals surface area (Å²) in [5, 5.41) is 2.52. The minimum atomic E-state index is -4.78. The number of esters is 3. The van der Waals surface area contributed by atoms with E-state index >= 15 is 0 Å². The predicted octanol–water partition coefficient (Wildman–Crippen LogP) is 6.35. The molecule has 0 unspecified atom stereocenters. The van der Waals surface area contributed by atoms with Crippen LogP contribution in [0.25, 0.3) is 0 Å². The molecule has 54 heavy (non-hydrogen) atoms. The molecule has 0 bridgehead atoms. The lowest BCUT2D eigenvalue weighted by Crippen LogP contribution is -2.48. The van der Waals surface area contributed by atoms with Crippen molar-refractivity contribution in [2.24, 2.45) is 4.99 Å². The van der Waals surface area contributed by atoms with Gasteiger partial charge in [0.05, 0.1) is 23.4 Å². The maximum atomic E-state index is 13.5. The van der Waals surface area contributed by atoms with Crippen molar-refractivity contribution in [3.63, 3.8) is 0 Å². The molecule has 0 aromatic heterocycles. The Labute approximate surface area is 317 Å². The van der Waals surface area contributed by atoms with Crippen molar-refractivity contribution in [2.45, 2.75) is 119 Å². The van der Waals surface area contributed by atoms with E-state index in [1.807, 2.05) is 4.72 Å². The van der Waals surface area contributed by atoms with Gasteiger partial charge in [-0.05, 0) is 132 Å². The molecule has 0 saturated heterocycles. The van der Waals surface area contributed by atoms with E-state index in [9.17, 15) is 32.4 Å². The zero-order valence-corrected chi connectivity index (χ0v) is 34.0. The fourth-order valence-corrected chi connectivity index (χ4v) is 5.11. The molecule has 2 aromatic rings. The summed E-state index contributed by atoms with van der Waals surface area (Å²) in [4.78, 5) is 68.5. The van der Waals surface area contributed by atoms with Crippen molar-refractivity contribution in [2.75, 3.05) is 6.54 Å². The van der Waals surface area contributed by atoms with Crippen molar-refractivity contribution < 1.29 is 56.1 Å². The van der Waals surface area contributed by atoms with Gasteiger partial charge in [0, 0.05) is 0 Å². The van der Waals surface area contributed by atoms with Gasteiger partial charge < -0.3 is 23.7 Å². The second kappa shape index (κ2) is 17.4. The molecule has 16 nitrogen and oxygen atoms in total. The minimum Gasteiger partial charge on any atom is -0.459 e. The van der Waals surface area contributed by atoms with Crippen LogP contribution in [0.5, 0.6) is 5.75 Å². The van der Waals surface area contributed by atoms with Crippen LogP contribution < -0.4 is 14.8 Å². The number of alkyl carbamates (subject to hydrolysis) is 1. The number of hydrogen-bond donors (Lipinski definition) is 2. The average molecular weight is 777 g/mol. The van der Waals surface area contributed by atoms with E-state index in [4.69, 9.17) is 23.7 Å². The number of hydrogen-bond acceptors (Lipinski definition) is 13. The molecular weight excluding hydrogens is 724 g/mol. The Kier molecular flexibility index (Phi) is 14.5. The van der Waals surface area contributed by atoms with E-state index in [2.05, 4.69) is 10.3 Å². The monoisotopic (exact) mass is 776 g/mol. The van der Waals surface area contributed by atoms with Crippen molar-refractivity contribution in [3.8, 4) is 5.75 Å². The maximum Gasteiger partial charge on any atom is 0.425 e. The van der Waals surface area contributed by atoms with Crippen LogP contribution in [-0.2, 0) is 40.5 Å². The summed E-state index contributed by atoms with van der Waals surface area (Å²) in [6.07, 6.45) is -1.97. The molecule has 0 aliphatic heterocycles. The van der Waals surface area contributed by atoms with E-state index in [-0.39, 0.29) is 28.3 Å². The van der Waals surface area contributed by atoms with Crippen LogP contribution in [0, 0.1) is 0 Å². The molecule has 298 valence electrons. The SMILES string of the molecule is CC(=Nc1ccc(C(=O)Oc2ccc(CN(C(=O)OC(C)(C)C)S(=O)(=O)NCC(=O)OC(C)(C)C)c(C(=O)OC(C)(C)C)c2)cc1)NC(=O)OC(C)(C)C. The first-order valence-electron chi connectivity index (χ1n) is 16.9. The van der Waals surface area contributed by atoms with Gasteiger partial charge in [0.15, 0.2) is 0 Å². The highest BCUT2D eigenvalue weighted by molar-refractivity contribution is 7.87. The van der Waals surface area contributed by atoms with E-state index in [0.717, 1.165) is 0 Å². The molecule has 0 spiro atoms. The lowest BCUT2D eigenvalue weighted by molar-refractivity contribution is -0.153. The first kappa shape index (κ1) is 45.1. The van der Waals surface area contributed by atoms with E-state index in [0.29, 0.717) is 9.99 Å². The van der Waals surface area contributed by atoms with Gasteiger partial charge in [-0.3, -0.25) is 10.1 Å². The lowest BCUT2D eigenvalue weighted by atomic mass is 10.1. The highest BCUT2D eigenvalue weighted by Gasteiger charge is 2.34. The number of aliphatic imine (C=N–C) groups is 1. The third-order valence-corrected chi connectivity index (χ3v) is 7.38. The molecule has 0 saturated carbocycles. The third kappa shape index (κ3) is 16.3. The lowest BCUT2D eigenvalue weighted by Gasteiger charge is -2.28. The van der Waals surface area contributed by atoms with Crippen molar-refractivity contribution in [1.29, 1.82) is 0 Å². The van der Waals surface area contributed by atoms with Gasteiger partial charge in [0.2, 0.25) is 0 Å². The van der Waals surface area contributed by atoms with Crippen LogP contribution in [0.4, 0.5) is 15.3 Å². The molecule has 0 radical (unpaired) electrons. The van der Waals surface area contributed by atoms with Gasteiger partial charge in [-0.1, -0.05) is 6.07 Å². The number of nitrogens with one attached hydrogen (secondary N) is 2. The Balaban J connectivity index is 2.43. The van der Waals surface area contributed by atoms with Gasteiger partial charge in [0.1, 0.15) is 40.5 Å². The highest BCUT2D eigenvalue weighted by Crippen LogP contribution is 2.26. The number of amidine groups is 1. The van der Waals surface area contributed by atoms with Crippen LogP contribution in [0.2, 0.25) is 0 Å². The molecular formula is C37H52N4O12S. The van der Waals surface area contributed by atoms with Crippen molar-refractivity contribution >= 4 is 51.8 Å². The Morgan fingerprint density at radius 2 is 1.24 bits per heavy atom. The molecule has 17 heteroatoms. The molecule has 2 rings (SSSR count). The molecule has 0 fully saturated rings. The molecule has 0 atom stereocenters. The third-order valence-electron chi connectivity index (χ3n) is 6.01. The second-order valence-corrected chi connectivity index (χ2v) is 17.7. The zero-order chi connectivity index (χ0) is 41.4. The summed E-state index contributed by atoms with van der Waals surface area (Å²) in [6.45, 7) is 19.5. The fourth-order valence-electron chi connectivity index (χ4n) is 4.11. The standard InChI is InChI=1S/C37H52N4O12S/c1-23(40-32(45)52-36(8,9)10)39-26-17-14-24(15-18-26)30(43)49-27-19-16-25(28(20-27)31(44)51-35(5,6)7)22-41(33(46)53-37(11,12)13)54(47,48)38-21-29(42)50-34(2,3)4/h14-20,38H,21-22H2,1-13H3,(H,39,40,45). The summed E-state index contributed by atoms with van der Waals surface area (Å²) >= 11 is 0. The Hall–Kier alpha value is -5.03. The van der Waals surface area contributed by atoms with Crippen LogP contribution in [0.1, 0.15) is 116 Å². The number of carbonyl (C=O) groups excluding carboxylic acids is 5. The summed E-state index contributed by atoms with van der Waals surface area (Å²) in [5.41, 5.74) is -3.40. The molecule has 0 aliphatic carbocycles. The normalized spacial score (nSPS) is 12.6. The summed E-state index contributed by atoms with van der Waals surface area (Å²) in [5.74, 6) is -2.45. The summed E-state index contributed by atoms with van der Waals surface area (Å²) in [7, 11) is -4.78. The van der Waals surface area contributed by atoms with Crippen LogP contribution in [0.3, 0.4) is 0 Å². The predicted molar refractivity (Wildman–Crippen MR) is 200 cm³/mol. The Bertz CT molecular complexity index is 1840. The number of carbonyl (C=O) groups is 5. The molecule has 2 amide bonds. The van der Waals surface area contributed by atoms with Gasteiger partial charge in [-0.25, -0.2) is 24.2 Å². The number of amides is 2. The maximum absolute atomic E-state index is 13.5. The summed E-state index contributed by atoms with van der Waals surface area (Å²) < 4.78 is 56.2. The van der Waals surface area contributed by atoms with E-state index < -0.39 is 75.8 Å². The van der Waals surface area contributed by atoms with Gasteiger partial charge in [-0.15, -0.1) is 0 Å². The number of rotatable bonds is 10. The van der Waals surface area contributed by atoms with E-state index in [1.165, 1.54) is 63.2 Å². The Morgan fingerprint density at radius 3 is 1.76 bits per heavy atom. The molecule has 2 N–H and O–H groups in total. The second-order valence-electron chi connectivity index (χ2n) is 16.0. The number of benzene rings is 2.